The molecule has 2 rings (SSSR count). The van der Waals surface area contributed by atoms with Crippen LogP contribution in [0.15, 0.2) is 6.07 Å². The third kappa shape index (κ3) is 1.30. The summed E-state index contributed by atoms with van der Waals surface area (Å²) in [5.41, 5.74) is 2.14. The molecule has 0 aromatic carbocycles. The number of H-pyrrole nitrogens is 1. The molecule has 68 valence electrons. The Labute approximate surface area is 76.1 Å². The predicted octanol–water partition coefficient (Wildman–Crippen LogP) is 1.59. The molecule has 1 aliphatic rings. The van der Waals surface area contributed by atoms with Gasteiger partial charge < -0.3 is 4.98 Å². The van der Waals surface area contributed by atoms with Crippen LogP contribution in [-0.4, -0.2) is 17.1 Å². The first-order valence-electron chi connectivity index (χ1n) is 4.41. The van der Waals surface area contributed by atoms with E-state index >= 15 is 0 Å². The van der Waals surface area contributed by atoms with E-state index in [-0.39, 0.29) is 5.78 Å². The standard InChI is InChI=1S/C10H11NO2/c1-6-2-9-8(10(13)3-6)4-7(5-12)11-9/h4-6,11H,2-3H2,1H3. The Morgan fingerprint density at radius 1 is 1.54 bits per heavy atom. The van der Waals surface area contributed by atoms with Gasteiger partial charge in [-0.05, 0) is 18.4 Å². The van der Waals surface area contributed by atoms with Crippen LogP contribution in [0.1, 0.15) is 39.9 Å². The number of aldehydes is 1. The van der Waals surface area contributed by atoms with Gasteiger partial charge in [-0.15, -0.1) is 0 Å². The fourth-order valence-corrected chi connectivity index (χ4v) is 1.84. The zero-order chi connectivity index (χ0) is 9.42. The Kier molecular flexibility index (Phi) is 1.79. The van der Waals surface area contributed by atoms with Gasteiger partial charge in [-0.1, -0.05) is 6.92 Å². The summed E-state index contributed by atoms with van der Waals surface area (Å²) >= 11 is 0. The van der Waals surface area contributed by atoms with Crippen LogP contribution < -0.4 is 0 Å². The molecule has 0 bridgehead atoms. The lowest BCUT2D eigenvalue weighted by molar-refractivity contribution is 0.0953. The predicted molar refractivity (Wildman–Crippen MR) is 48.0 cm³/mol. The summed E-state index contributed by atoms with van der Waals surface area (Å²) in [6.45, 7) is 2.04. The van der Waals surface area contributed by atoms with E-state index in [0.717, 1.165) is 18.4 Å². The molecular formula is C10H11NO2. The van der Waals surface area contributed by atoms with Gasteiger partial charge in [-0.2, -0.15) is 0 Å². The highest BCUT2D eigenvalue weighted by molar-refractivity contribution is 5.99. The molecule has 1 aliphatic carbocycles. The minimum atomic E-state index is 0.151. The molecule has 0 fully saturated rings. The number of Topliss-reactive ketones (excluding diaryl/α,β-unsaturated/α-hetero) is 1. The minimum Gasteiger partial charge on any atom is -0.356 e. The van der Waals surface area contributed by atoms with Crippen molar-refractivity contribution >= 4 is 12.1 Å². The van der Waals surface area contributed by atoms with E-state index in [4.69, 9.17) is 0 Å². The zero-order valence-corrected chi connectivity index (χ0v) is 7.46. The number of carbonyl (C=O) groups excluding carboxylic acids is 2. The first-order valence-corrected chi connectivity index (χ1v) is 4.41. The summed E-state index contributed by atoms with van der Waals surface area (Å²) in [6.07, 6.45) is 2.22. The van der Waals surface area contributed by atoms with Crippen molar-refractivity contribution in [3.8, 4) is 0 Å². The van der Waals surface area contributed by atoms with Gasteiger partial charge in [-0.3, -0.25) is 9.59 Å². The number of hydrogen-bond acceptors (Lipinski definition) is 2. The van der Waals surface area contributed by atoms with Gasteiger partial charge in [0.1, 0.15) is 0 Å². The SMILES string of the molecule is CC1CC(=O)c2cc(C=O)[nH]c2C1. The van der Waals surface area contributed by atoms with Crippen molar-refractivity contribution in [3.05, 3.63) is 23.0 Å². The van der Waals surface area contributed by atoms with Crippen molar-refractivity contribution in [2.75, 3.05) is 0 Å². The minimum absolute atomic E-state index is 0.151. The highest BCUT2D eigenvalue weighted by Gasteiger charge is 2.24. The highest BCUT2D eigenvalue weighted by Crippen LogP contribution is 2.24. The fraction of sp³-hybridized carbons (Fsp3) is 0.400. The number of rotatable bonds is 1. The van der Waals surface area contributed by atoms with E-state index in [1.54, 1.807) is 6.07 Å². The van der Waals surface area contributed by atoms with Crippen LogP contribution in [0.2, 0.25) is 0 Å². The summed E-state index contributed by atoms with van der Waals surface area (Å²) in [7, 11) is 0. The Balaban J connectivity index is 2.46. The van der Waals surface area contributed by atoms with E-state index in [1.165, 1.54) is 0 Å². The van der Waals surface area contributed by atoms with E-state index in [9.17, 15) is 9.59 Å². The number of aromatic nitrogens is 1. The number of ketones is 1. The average molecular weight is 177 g/mol. The van der Waals surface area contributed by atoms with Crippen LogP contribution in [0.4, 0.5) is 0 Å². The molecule has 0 aliphatic heterocycles. The molecule has 1 unspecified atom stereocenters. The molecule has 13 heavy (non-hydrogen) atoms. The van der Waals surface area contributed by atoms with Crippen molar-refractivity contribution in [2.45, 2.75) is 19.8 Å². The van der Waals surface area contributed by atoms with Crippen LogP contribution in [0.25, 0.3) is 0 Å². The summed E-state index contributed by atoms with van der Waals surface area (Å²) in [5, 5.41) is 0. The molecule has 1 atom stereocenters. The summed E-state index contributed by atoms with van der Waals surface area (Å²) in [5.74, 6) is 0.538. The summed E-state index contributed by atoms with van der Waals surface area (Å²) in [6, 6.07) is 1.65. The van der Waals surface area contributed by atoms with Gasteiger partial charge in [0, 0.05) is 17.7 Å². The molecule has 0 spiro atoms. The summed E-state index contributed by atoms with van der Waals surface area (Å²) in [4.78, 5) is 24.9. The van der Waals surface area contributed by atoms with Crippen molar-refractivity contribution < 1.29 is 9.59 Å². The van der Waals surface area contributed by atoms with Crippen molar-refractivity contribution in [1.82, 2.24) is 4.98 Å². The second-order valence-electron chi connectivity index (χ2n) is 3.67. The quantitative estimate of drug-likeness (QED) is 0.662. The number of nitrogens with one attached hydrogen (secondary N) is 1. The monoisotopic (exact) mass is 177 g/mol. The lowest BCUT2D eigenvalue weighted by Gasteiger charge is -2.16. The Morgan fingerprint density at radius 2 is 2.31 bits per heavy atom. The first kappa shape index (κ1) is 8.23. The maximum Gasteiger partial charge on any atom is 0.166 e. The number of aromatic amines is 1. The molecule has 0 saturated carbocycles. The summed E-state index contributed by atoms with van der Waals surface area (Å²) < 4.78 is 0. The Hall–Kier alpha value is -1.38. The van der Waals surface area contributed by atoms with Crippen LogP contribution in [0.5, 0.6) is 0 Å². The molecular weight excluding hydrogens is 166 g/mol. The van der Waals surface area contributed by atoms with E-state index in [1.807, 2.05) is 6.92 Å². The normalized spacial score (nSPS) is 21.3. The number of hydrogen-bond donors (Lipinski definition) is 1. The molecule has 1 aromatic heterocycles. The molecule has 0 saturated heterocycles. The molecule has 0 radical (unpaired) electrons. The second kappa shape index (κ2) is 2.83. The van der Waals surface area contributed by atoms with Crippen LogP contribution >= 0.6 is 0 Å². The van der Waals surface area contributed by atoms with Crippen LogP contribution in [0, 0.1) is 5.92 Å². The molecule has 1 heterocycles. The molecule has 1 N–H and O–H groups in total. The van der Waals surface area contributed by atoms with Crippen molar-refractivity contribution in [1.29, 1.82) is 0 Å². The lowest BCUT2D eigenvalue weighted by atomic mass is 9.88. The van der Waals surface area contributed by atoms with E-state index in [2.05, 4.69) is 4.98 Å². The largest absolute Gasteiger partial charge is 0.356 e. The van der Waals surface area contributed by atoms with Gasteiger partial charge in [-0.25, -0.2) is 0 Å². The zero-order valence-electron chi connectivity index (χ0n) is 7.46. The van der Waals surface area contributed by atoms with Crippen molar-refractivity contribution in [3.63, 3.8) is 0 Å². The van der Waals surface area contributed by atoms with E-state index in [0.29, 0.717) is 23.6 Å². The third-order valence-electron chi connectivity index (χ3n) is 2.43. The maximum absolute atomic E-state index is 11.5. The fourth-order valence-electron chi connectivity index (χ4n) is 1.84. The van der Waals surface area contributed by atoms with Gasteiger partial charge in [0.05, 0.1) is 5.69 Å². The smallest absolute Gasteiger partial charge is 0.166 e. The van der Waals surface area contributed by atoms with Gasteiger partial charge in [0.15, 0.2) is 12.1 Å². The lowest BCUT2D eigenvalue weighted by Crippen LogP contribution is -2.16. The van der Waals surface area contributed by atoms with Crippen molar-refractivity contribution in [2.24, 2.45) is 5.92 Å². The molecule has 0 amide bonds. The maximum atomic E-state index is 11.5. The Bertz CT molecular complexity index is 365. The van der Waals surface area contributed by atoms with Gasteiger partial charge in [0.25, 0.3) is 0 Å². The second-order valence-corrected chi connectivity index (χ2v) is 3.67. The number of carbonyl (C=O) groups is 2. The molecule has 3 heteroatoms. The highest BCUT2D eigenvalue weighted by atomic mass is 16.1. The topological polar surface area (TPSA) is 49.9 Å². The first-order chi connectivity index (χ1) is 6.20. The van der Waals surface area contributed by atoms with Gasteiger partial charge >= 0.3 is 0 Å². The van der Waals surface area contributed by atoms with Crippen LogP contribution in [0.3, 0.4) is 0 Å². The molecule has 3 nitrogen and oxygen atoms in total. The average Bonchev–Trinajstić information content (AvgIpc) is 2.47. The third-order valence-corrected chi connectivity index (χ3v) is 2.43. The van der Waals surface area contributed by atoms with Gasteiger partial charge in [0.2, 0.25) is 0 Å². The Morgan fingerprint density at radius 3 is 3.00 bits per heavy atom. The number of fused-ring (bicyclic) bond motifs is 1. The van der Waals surface area contributed by atoms with E-state index < -0.39 is 0 Å². The van der Waals surface area contributed by atoms with Crippen LogP contribution in [-0.2, 0) is 6.42 Å². The molecule has 1 aromatic rings.